The summed E-state index contributed by atoms with van der Waals surface area (Å²) in [6.45, 7) is 2.53. The molecule has 24 heavy (non-hydrogen) atoms. The maximum absolute atomic E-state index is 13.1. The Kier molecular flexibility index (Phi) is 4.39. The first-order valence-electron chi connectivity index (χ1n) is 8.73. The molecule has 0 radical (unpaired) electrons. The van der Waals surface area contributed by atoms with Crippen LogP contribution in [-0.4, -0.2) is 28.5 Å². The van der Waals surface area contributed by atoms with Crippen LogP contribution in [0.5, 0.6) is 0 Å². The molecule has 0 saturated carbocycles. The minimum atomic E-state index is 0.191. The van der Waals surface area contributed by atoms with Gasteiger partial charge < -0.3 is 9.47 Å². The number of rotatable bonds is 3. The molecule has 3 nitrogen and oxygen atoms in total. The zero-order valence-corrected chi connectivity index (χ0v) is 14.6. The molecule has 0 spiro atoms. The van der Waals surface area contributed by atoms with Crippen molar-refractivity contribution in [2.24, 2.45) is 0 Å². The molecule has 0 bridgehead atoms. The number of likely N-dealkylation sites (tertiary alicyclic amines) is 1. The van der Waals surface area contributed by atoms with Crippen molar-refractivity contribution >= 4 is 27.5 Å². The summed E-state index contributed by atoms with van der Waals surface area (Å²) in [5.74, 6) is 0.191. The molecular weight excluding hydrogens is 316 g/mol. The molecule has 124 valence electrons. The summed E-state index contributed by atoms with van der Waals surface area (Å²) < 4.78 is 3.39. The van der Waals surface area contributed by atoms with E-state index < -0.39 is 0 Å². The van der Waals surface area contributed by atoms with Crippen molar-refractivity contribution in [2.75, 3.05) is 13.1 Å². The minimum Gasteiger partial charge on any atom is -0.337 e. The molecule has 0 unspecified atom stereocenters. The van der Waals surface area contributed by atoms with Crippen LogP contribution in [0.3, 0.4) is 0 Å². The van der Waals surface area contributed by atoms with E-state index in [1.807, 2.05) is 11.0 Å². The van der Waals surface area contributed by atoms with Crippen molar-refractivity contribution in [3.8, 4) is 0 Å². The minimum absolute atomic E-state index is 0.191. The topological polar surface area (TPSA) is 25.2 Å². The molecule has 1 saturated heterocycles. The van der Waals surface area contributed by atoms with Crippen LogP contribution in [0, 0.1) is 0 Å². The highest BCUT2D eigenvalue weighted by molar-refractivity contribution is 7.17. The van der Waals surface area contributed by atoms with Gasteiger partial charge in [-0.25, -0.2) is 0 Å². The van der Waals surface area contributed by atoms with Gasteiger partial charge in [-0.1, -0.05) is 43.2 Å². The van der Waals surface area contributed by atoms with Gasteiger partial charge in [0.25, 0.3) is 5.91 Å². The first kappa shape index (κ1) is 15.5. The maximum Gasteiger partial charge on any atom is 0.270 e. The summed E-state index contributed by atoms with van der Waals surface area (Å²) >= 11 is 1.71. The molecule has 0 aliphatic carbocycles. The fourth-order valence-electron chi connectivity index (χ4n) is 3.53. The van der Waals surface area contributed by atoms with Crippen LogP contribution in [0.4, 0.5) is 0 Å². The standard InChI is InChI=1S/C20H22N2OS/c23-20(21-11-6-1-2-7-12-21)18-14-19-17(10-13-24-19)22(18)15-16-8-4-3-5-9-16/h3-5,8-10,13-14H,1-2,6-7,11-12,15H2. The summed E-state index contributed by atoms with van der Waals surface area (Å²) in [6.07, 6.45) is 4.73. The molecule has 0 N–H and O–H groups in total. The number of carbonyl (C=O) groups is 1. The van der Waals surface area contributed by atoms with Crippen molar-refractivity contribution < 1.29 is 4.79 Å². The SMILES string of the molecule is O=C(c1cc2sccc2n1Cc1ccccc1)N1CCCCCC1. The van der Waals surface area contributed by atoms with Gasteiger partial charge in [0.1, 0.15) is 5.69 Å². The Bertz CT molecular complexity index is 826. The highest BCUT2D eigenvalue weighted by atomic mass is 32.1. The fraction of sp³-hybridized carbons (Fsp3) is 0.350. The van der Waals surface area contributed by atoms with Gasteiger partial charge in [-0.05, 0) is 35.9 Å². The Hall–Kier alpha value is -2.07. The van der Waals surface area contributed by atoms with Crippen molar-refractivity contribution in [2.45, 2.75) is 32.2 Å². The third-order valence-corrected chi connectivity index (χ3v) is 5.67. The number of fused-ring (bicyclic) bond motifs is 1. The lowest BCUT2D eigenvalue weighted by Crippen LogP contribution is -2.33. The number of amides is 1. The van der Waals surface area contributed by atoms with Crippen LogP contribution in [0.2, 0.25) is 0 Å². The molecule has 1 aromatic carbocycles. The van der Waals surface area contributed by atoms with Crippen LogP contribution in [0.15, 0.2) is 47.8 Å². The molecule has 1 aliphatic rings. The van der Waals surface area contributed by atoms with Crippen LogP contribution >= 0.6 is 11.3 Å². The van der Waals surface area contributed by atoms with Gasteiger partial charge in [0.15, 0.2) is 0 Å². The van der Waals surface area contributed by atoms with Crippen molar-refractivity contribution in [1.82, 2.24) is 9.47 Å². The zero-order valence-electron chi connectivity index (χ0n) is 13.8. The number of benzene rings is 1. The van der Waals surface area contributed by atoms with Gasteiger partial charge in [0.2, 0.25) is 0 Å². The lowest BCUT2D eigenvalue weighted by atomic mass is 10.2. The normalized spacial score (nSPS) is 15.6. The smallest absolute Gasteiger partial charge is 0.270 e. The second-order valence-electron chi connectivity index (χ2n) is 6.48. The summed E-state index contributed by atoms with van der Waals surface area (Å²) in [5, 5.41) is 2.10. The molecule has 4 rings (SSSR count). The third-order valence-electron chi connectivity index (χ3n) is 4.82. The Morgan fingerprint density at radius 1 is 1.00 bits per heavy atom. The van der Waals surface area contributed by atoms with Crippen molar-refractivity contribution in [1.29, 1.82) is 0 Å². The van der Waals surface area contributed by atoms with E-state index in [4.69, 9.17) is 0 Å². The second kappa shape index (κ2) is 6.81. The van der Waals surface area contributed by atoms with Crippen LogP contribution in [0.25, 0.3) is 10.2 Å². The van der Waals surface area contributed by atoms with E-state index in [1.54, 1.807) is 11.3 Å². The summed E-state index contributed by atoms with van der Waals surface area (Å²) in [4.78, 5) is 15.2. The van der Waals surface area contributed by atoms with Gasteiger partial charge in [-0.2, -0.15) is 0 Å². The third kappa shape index (κ3) is 2.98. The maximum atomic E-state index is 13.1. The Labute approximate surface area is 146 Å². The number of hydrogen-bond acceptors (Lipinski definition) is 2. The molecule has 2 aromatic heterocycles. The van der Waals surface area contributed by atoms with Gasteiger partial charge in [0, 0.05) is 19.6 Å². The summed E-state index contributed by atoms with van der Waals surface area (Å²) in [5.41, 5.74) is 3.23. The second-order valence-corrected chi connectivity index (χ2v) is 7.43. The van der Waals surface area contributed by atoms with E-state index >= 15 is 0 Å². The number of carbonyl (C=O) groups excluding carboxylic acids is 1. The summed E-state index contributed by atoms with van der Waals surface area (Å²) in [6, 6.07) is 14.6. The van der Waals surface area contributed by atoms with Crippen molar-refractivity contribution in [3.05, 3.63) is 59.1 Å². The van der Waals surface area contributed by atoms with Crippen LogP contribution in [0.1, 0.15) is 41.7 Å². The average Bonchev–Trinajstić information content (AvgIpc) is 3.07. The van der Waals surface area contributed by atoms with Gasteiger partial charge in [0.05, 0.1) is 10.2 Å². The van der Waals surface area contributed by atoms with Gasteiger partial charge in [-0.3, -0.25) is 4.79 Å². The monoisotopic (exact) mass is 338 g/mol. The summed E-state index contributed by atoms with van der Waals surface area (Å²) in [7, 11) is 0. The van der Waals surface area contributed by atoms with E-state index in [9.17, 15) is 4.79 Å². The number of nitrogens with zero attached hydrogens (tertiary/aromatic N) is 2. The van der Waals surface area contributed by atoms with E-state index in [-0.39, 0.29) is 5.91 Å². The first-order chi connectivity index (χ1) is 11.8. The predicted octanol–water partition coefficient (Wildman–Crippen LogP) is 4.77. The first-order valence-corrected chi connectivity index (χ1v) is 9.61. The lowest BCUT2D eigenvalue weighted by Gasteiger charge is -2.21. The quantitative estimate of drug-likeness (QED) is 0.675. The lowest BCUT2D eigenvalue weighted by molar-refractivity contribution is 0.0752. The number of aromatic nitrogens is 1. The molecule has 1 fully saturated rings. The predicted molar refractivity (Wildman–Crippen MR) is 99.7 cm³/mol. The molecule has 0 atom stereocenters. The molecule has 1 amide bonds. The highest BCUT2D eigenvalue weighted by Crippen LogP contribution is 2.27. The molecular formula is C20H22N2OS. The van der Waals surface area contributed by atoms with E-state index in [0.29, 0.717) is 0 Å². The number of hydrogen-bond donors (Lipinski definition) is 0. The van der Waals surface area contributed by atoms with E-state index in [2.05, 4.69) is 46.3 Å². The fourth-order valence-corrected chi connectivity index (χ4v) is 4.35. The highest BCUT2D eigenvalue weighted by Gasteiger charge is 2.22. The van der Waals surface area contributed by atoms with Crippen LogP contribution < -0.4 is 0 Å². The van der Waals surface area contributed by atoms with E-state index in [0.717, 1.165) is 38.2 Å². The largest absolute Gasteiger partial charge is 0.337 e. The number of thiophene rings is 1. The molecule has 1 aliphatic heterocycles. The molecule has 4 heteroatoms. The van der Waals surface area contributed by atoms with Crippen molar-refractivity contribution in [3.63, 3.8) is 0 Å². The molecule has 3 heterocycles. The van der Waals surface area contributed by atoms with Crippen LogP contribution in [-0.2, 0) is 6.54 Å². The Balaban J connectivity index is 1.70. The zero-order chi connectivity index (χ0) is 16.4. The molecule has 3 aromatic rings. The Morgan fingerprint density at radius 3 is 2.50 bits per heavy atom. The van der Waals surface area contributed by atoms with Gasteiger partial charge >= 0.3 is 0 Å². The average molecular weight is 338 g/mol. The van der Waals surface area contributed by atoms with E-state index in [1.165, 1.54) is 28.6 Å². The van der Waals surface area contributed by atoms with Gasteiger partial charge in [-0.15, -0.1) is 11.3 Å². The Morgan fingerprint density at radius 2 is 1.75 bits per heavy atom.